The fraction of sp³-hybridized carbons (Fsp3) is 0.571. The summed E-state index contributed by atoms with van der Waals surface area (Å²) in [5, 5.41) is 3.23. The smallest absolute Gasteiger partial charge is 0.387 e. The van der Waals surface area contributed by atoms with E-state index in [4.69, 9.17) is 4.74 Å². The van der Waals surface area contributed by atoms with Crippen LogP contribution >= 0.6 is 0 Å². The molecule has 1 heterocycles. The number of hydrogen-bond donors (Lipinski definition) is 1. The van der Waals surface area contributed by atoms with Crippen molar-refractivity contribution in [3.05, 3.63) is 23.8 Å². The van der Waals surface area contributed by atoms with E-state index < -0.39 is 6.61 Å². The van der Waals surface area contributed by atoms with Crippen molar-refractivity contribution >= 4 is 0 Å². The third-order valence-corrected chi connectivity index (χ3v) is 3.21. The van der Waals surface area contributed by atoms with Crippen LogP contribution in [-0.4, -0.2) is 25.8 Å². The first-order chi connectivity index (χ1) is 9.19. The number of nitrogens with one attached hydrogen (secondary N) is 1. The summed E-state index contributed by atoms with van der Waals surface area (Å²) < 4.78 is 35.2. The Hall–Kier alpha value is -1.36. The van der Waals surface area contributed by atoms with E-state index >= 15 is 0 Å². The molecule has 5 heteroatoms. The minimum Gasteiger partial charge on any atom is -0.486 e. The Labute approximate surface area is 111 Å². The van der Waals surface area contributed by atoms with Gasteiger partial charge in [0, 0.05) is 0 Å². The van der Waals surface area contributed by atoms with E-state index in [9.17, 15) is 8.78 Å². The Morgan fingerprint density at radius 3 is 2.63 bits per heavy atom. The minimum absolute atomic E-state index is 0.0637. The maximum absolute atomic E-state index is 12.4. The molecular weight excluding hydrogens is 252 g/mol. The summed E-state index contributed by atoms with van der Waals surface area (Å²) in [4.78, 5) is 0. The highest BCUT2D eigenvalue weighted by atomic mass is 19.3. The molecule has 0 unspecified atom stereocenters. The van der Waals surface area contributed by atoms with Gasteiger partial charge in [-0.05, 0) is 50.0 Å². The van der Waals surface area contributed by atoms with Gasteiger partial charge in [-0.2, -0.15) is 8.78 Å². The molecule has 0 saturated carbocycles. The summed E-state index contributed by atoms with van der Waals surface area (Å²) in [6.45, 7) is 0.919. The van der Waals surface area contributed by atoms with Crippen molar-refractivity contribution in [2.75, 3.05) is 13.1 Å². The molecule has 0 radical (unpaired) electrons. The van der Waals surface area contributed by atoms with Gasteiger partial charge in [-0.25, -0.2) is 0 Å². The van der Waals surface area contributed by atoms with Crippen LogP contribution in [-0.2, 0) is 6.42 Å². The molecule has 0 atom stereocenters. The van der Waals surface area contributed by atoms with E-state index in [-0.39, 0.29) is 11.9 Å². The molecule has 3 nitrogen and oxygen atoms in total. The van der Waals surface area contributed by atoms with Gasteiger partial charge in [0.2, 0.25) is 0 Å². The summed E-state index contributed by atoms with van der Waals surface area (Å²) in [5.74, 6) is 0.539. The summed E-state index contributed by atoms with van der Waals surface area (Å²) >= 11 is 0. The quantitative estimate of drug-likeness (QED) is 0.893. The van der Waals surface area contributed by atoms with Crippen LogP contribution in [0.5, 0.6) is 11.5 Å². The number of ether oxygens (including phenoxy) is 2. The van der Waals surface area contributed by atoms with Crippen LogP contribution in [0.4, 0.5) is 8.78 Å². The molecule has 1 aliphatic rings. The number of alkyl halides is 2. The van der Waals surface area contributed by atoms with Crippen molar-refractivity contribution in [2.45, 2.75) is 38.9 Å². The van der Waals surface area contributed by atoms with Crippen LogP contribution in [0.1, 0.15) is 25.3 Å². The number of hydrogen-bond acceptors (Lipinski definition) is 3. The van der Waals surface area contributed by atoms with Crippen molar-refractivity contribution in [3.8, 4) is 11.5 Å². The van der Waals surface area contributed by atoms with E-state index in [1.807, 2.05) is 13.0 Å². The number of aryl methyl sites for hydroxylation is 1. The van der Waals surface area contributed by atoms with Crippen LogP contribution in [0, 0.1) is 0 Å². The highest BCUT2D eigenvalue weighted by Gasteiger charge is 2.18. The lowest BCUT2D eigenvalue weighted by Gasteiger charge is -2.25. The van der Waals surface area contributed by atoms with Gasteiger partial charge in [0.25, 0.3) is 0 Å². The Morgan fingerprint density at radius 1 is 1.26 bits per heavy atom. The lowest BCUT2D eigenvalue weighted by atomic mass is 10.1. The van der Waals surface area contributed by atoms with Gasteiger partial charge < -0.3 is 14.8 Å². The van der Waals surface area contributed by atoms with E-state index in [1.165, 1.54) is 0 Å². The SMILES string of the molecule is CCc1ccc(OC2CCNCC2)c(OC(F)F)c1. The van der Waals surface area contributed by atoms with Crippen molar-refractivity contribution in [2.24, 2.45) is 0 Å². The number of halogens is 2. The predicted molar refractivity (Wildman–Crippen MR) is 69.0 cm³/mol. The molecule has 0 aliphatic carbocycles. The summed E-state index contributed by atoms with van der Waals surface area (Å²) in [7, 11) is 0. The van der Waals surface area contributed by atoms with Gasteiger partial charge in [-0.1, -0.05) is 13.0 Å². The highest BCUT2D eigenvalue weighted by Crippen LogP contribution is 2.31. The van der Waals surface area contributed by atoms with Gasteiger partial charge in [-0.15, -0.1) is 0 Å². The minimum atomic E-state index is -2.83. The second-order valence-electron chi connectivity index (χ2n) is 4.58. The lowest BCUT2D eigenvalue weighted by Crippen LogP contribution is -2.34. The van der Waals surface area contributed by atoms with Crippen molar-refractivity contribution in [1.29, 1.82) is 0 Å². The Morgan fingerprint density at radius 2 is 2.00 bits per heavy atom. The van der Waals surface area contributed by atoms with Gasteiger partial charge in [0.05, 0.1) is 0 Å². The van der Waals surface area contributed by atoms with Crippen LogP contribution < -0.4 is 14.8 Å². The Balaban J connectivity index is 2.12. The van der Waals surface area contributed by atoms with Gasteiger partial charge in [0.1, 0.15) is 6.10 Å². The first-order valence-electron chi connectivity index (χ1n) is 6.64. The van der Waals surface area contributed by atoms with Crippen LogP contribution in [0.3, 0.4) is 0 Å². The fourth-order valence-corrected chi connectivity index (χ4v) is 2.15. The summed E-state index contributed by atoms with van der Waals surface area (Å²) in [6, 6.07) is 5.23. The molecule has 1 saturated heterocycles. The molecule has 0 spiro atoms. The maximum Gasteiger partial charge on any atom is 0.387 e. The normalized spacial score (nSPS) is 16.6. The topological polar surface area (TPSA) is 30.5 Å². The number of benzene rings is 1. The molecule has 1 aliphatic heterocycles. The van der Waals surface area contributed by atoms with Gasteiger partial charge >= 0.3 is 6.61 Å². The van der Waals surface area contributed by atoms with E-state index in [1.54, 1.807) is 12.1 Å². The third-order valence-electron chi connectivity index (χ3n) is 3.21. The monoisotopic (exact) mass is 271 g/mol. The summed E-state index contributed by atoms with van der Waals surface area (Å²) in [6.07, 6.45) is 2.59. The standard InChI is InChI=1S/C14H19F2NO2/c1-2-10-3-4-12(13(9-10)19-14(15)16)18-11-5-7-17-8-6-11/h3-4,9,11,14,17H,2,5-8H2,1H3. The third kappa shape index (κ3) is 4.06. The predicted octanol–water partition coefficient (Wildman–Crippen LogP) is 2.98. The second kappa shape index (κ2) is 6.70. The Kier molecular flexibility index (Phi) is 4.96. The molecular formula is C14H19F2NO2. The largest absolute Gasteiger partial charge is 0.486 e. The first-order valence-corrected chi connectivity index (χ1v) is 6.64. The van der Waals surface area contributed by atoms with Gasteiger partial charge in [-0.3, -0.25) is 0 Å². The zero-order valence-corrected chi connectivity index (χ0v) is 11.0. The average molecular weight is 271 g/mol. The fourth-order valence-electron chi connectivity index (χ4n) is 2.15. The van der Waals surface area contributed by atoms with Crippen LogP contribution in [0.25, 0.3) is 0 Å². The Bertz CT molecular complexity index is 406. The molecule has 2 rings (SSSR count). The molecule has 0 bridgehead atoms. The lowest BCUT2D eigenvalue weighted by molar-refractivity contribution is -0.0523. The average Bonchev–Trinajstić information content (AvgIpc) is 2.41. The summed E-state index contributed by atoms with van der Waals surface area (Å²) in [5.41, 5.74) is 0.952. The van der Waals surface area contributed by atoms with Crippen molar-refractivity contribution in [3.63, 3.8) is 0 Å². The molecule has 19 heavy (non-hydrogen) atoms. The number of rotatable bonds is 5. The maximum atomic E-state index is 12.4. The molecule has 1 aromatic rings. The van der Waals surface area contributed by atoms with Gasteiger partial charge in [0.15, 0.2) is 11.5 Å². The van der Waals surface area contributed by atoms with Crippen LogP contribution in [0.2, 0.25) is 0 Å². The van der Waals surface area contributed by atoms with E-state index in [0.717, 1.165) is 37.9 Å². The molecule has 0 amide bonds. The second-order valence-corrected chi connectivity index (χ2v) is 4.58. The van der Waals surface area contributed by atoms with Crippen LogP contribution in [0.15, 0.2) is 18.2 Å². The highest BCUT2D eigenvalue weighted by molar-refractivity contribution is 5.43. The zero-order chi connectivity index (χ0) is 13.7. The molecule has 0 aromatic heterocycles. The van der Waals surface area contributed by atoms with E-state index in [2.05, 4.69) is 10.1 Å². The van der Waals surface area contributed by atoms with Crippen molar-refractivity contribution in [1.82, 2.24) is 5.32 Å². The number of piperidine rings is 1. The molecule has 1 N–H and O–H groups in total. The van der Waals surface area contributed by atoms with E-state index in [0.29, 0.717) is 5.75 Å². The van der Waals surface area contributed by atoms with Crippen molar-refractivity contribution < 1.29 is 18.3 Å². The molecule has 106 valence electrons. The molecule has 1 fully saturated rings. The molecule has 1 aromatic carbocycles. The first kappa shape index (κ1) is 14.1. The zero-order valence-electron chi connectivity index (χ0n) is 11.0.